The monoisotopic (exact) mass is 286 g/mol. The van der Waals surface area contributed by atoms with Gasteiger partial charge in [0, 0.05) is 13.1 Å². The van der Waals surface area contributed by atoms with Crippen LogP contribution < -0.4 is 17.7 Å². The van der Waals surface area contributed by atoms with E-state index in [2.05, 4.69) is 29.0 Å². The van der Waals surface area contributed by atoms with Crippen LogP contribution in [-0.4, -0.2) is 65.9 Å². The van der Waals surface area contributed by atoms with Gasteiger partial charge in [-0.15, -0.1) is 0 Å². The Morgan fingerprint density at radius 1 is 0.833 bits per heavy atom. The van der Waals surface area contributed by atoms with Crippen molar-refractivity contribution in [3.8, 4) is 0 Å². The molecule has 1 fully saturated rings. The summed E-state index contributed by atoms with van der Waals surface area (Å²) in [5, 5.41) is 3.49. The fourth-order valence-electron chi connectivity index (χ4n) is 2.22. The molecule has 0 radical (unpaired) electrons. The normalized spacial score (nSPS) is 17.0. The number of nitrogens with one attached hydrogen (secondary N) is 1. The van der Waals surface area contributed by atoms with Gasteiger partial charge < -0.3 is 12.4 Å². The Hall–Kier alpha value is 0.936. The minimum Gasteiger partial charge on any atom is -1.00 e. The van der Waals surface area contributed by atoms with Crippen LogP contribution in [0.1, 0.15) is 52.4 Å². The smallest absolute Gasteiger partial charge is 1.00 e. The maximum atomic E-state index is 3.49. The number of hydrogen-bond acceptors (Lipinski definition) is 3. The van der Waals surface area contributed by atoms with Gasteiger partial charge in [0.15, 0.2) is 0 Å². The van der Waals surface area contributed by atoms with E-state index in [-0.39, 0.29) is 35.5 Å². The van der Waals surface area contributed by atoms with E-state index in [1.807, 2.05) is 0 Å². The summed E-state index contributed by atoms with van der Waals surface area (Å²) in [5.41, 5.74) is 0. The molecule has 5 heteroatoms. The van der Waals surface area contributed by atoms with E-state index in [1.54, 1.807) is 0 Å². The maximum absolute atomic E-state index is 3.49. The molecule has 0 atom stereocenters. The summed E-state index contributed by atoms with van der Waals surface area (Å²) < 4.78 is 0. The Morgan fingerprint density at radius 2 is 1.28 bits per heavy atom. The van der Waals surface area contributed by atoms with Crippen molar-refractivity contribution in [2.24, 2.45) is 0 Å². The van der Waals surface area contributed by atoms with Crippen LogP contribution >= 0.6 is 0 Å². The topological polar surface area (TPSA) is 18.5 Å². The molecule has 0 saturated carbocycles. The van der Waals surface area contributed by atoms with Gasteiger partial charge in [-0.25, -0.2) is 0 Å². The number of unbranched alkanes of at least 4 members (excludes halogenated alkanes) is 4. The van der Waals surface area contributed by atoms with E-state index in [9.17, 15) is 0 Å². The molecule has 1 heterocycles. The Kier molecular flexibility index (Phi) is 16.9. The van der Waals surface area contributed by atoms with E-state index >= 15 is 0 Å². The summed E-state index contributed by atoms with van der Waals surface area (Å²) in [6.45, 7) is 10.4. The molecule has 0 bridgehead atoms. The molecule has 1 aliphatic heterocycles. The molecule has 18 heavy (non-hydrogen) atoms. The fraction of sp³-hybridized carbons (Fsp3) is 1.00. The second kappa shape index (κ2) is 14.3. The Balaban J connectivity index is 0. The minimum atomic E-state index is 0. The van der Waals surface area contributed by atoms with Crippen molar-refractivity contribution >= 4 is 23.1 Å². The molecule has 0 aromatic carbocycles. The Morgan fingerprint density at radius 3 is 1.67 bits per heavy atom. The van der Waals surface area contributed by atoms with E-state index in [0.29, 0.717) is 0 Å². The van der Waals surface area contributed by atoms with Crippen molar-refractivity contribution in [2.75, 3.05) is 33.1 Å². The molecular formula is C13H29ClMgN3+. The largest absolute Gasteiger partial charge is 2.00 e. The number of halogens is 1. The average Bonchev–Trinajstić information content (AvgIpc) is 2.30. The van der Waals surface area contributed by atoms with Crippen LogP contribution in [0, 0.1) is 0 Å². The second-order valence-corrected chi connectivity index (χ2v) is 4.91. The summed E-state index contributed by atoms with van der Waals surface area (Å²) in [4.78, 5) is 5.07. The van der Waals surface area contributed by atoms with Crippen LogP contribution in [-0.2, 0) is 0 Å². The molecule has 0 spiro atoms. The molecule has 0 aromatic heterocycles. The van der Waals surface area contributed by atoms with Crippen LogP contribution in [0.4, 0.5) is 0 Å². The zero-order valence-corrected chi connectivity index (χ0v) is 14.4. The van der Waals surface area contributed by atoms with Gasteiger partial charge in [-0.2, -0.15) is 0 Å². The molecule has 1 rings (SSSR count). The van der Waals surface area contributed by atoms with Crippen molar-refractivity contribution in [2.45, 2.75) is 52.4 Å². The van der Waals surface area contributed by atoms with Gasteiger partial charge in [0.25, 0.3) is 0 Å². The van der Waals surface area contributed by atoms with Crippen LogP contribution in [0.15, 0.2) is 0 Å². The molecular weight excluding hydrogens is 258 g/mol. The molecule has 1 N–H and O–H groups in total. The first-order chi connectivity index (χ1) is 7.86. The summed E-state index contributed by atoms with van der Waals surface area (Å²) >= 11 is 0. The molecule has 3 nitrogen and oxygen atoms in total. The van der Waals surface area contributed by atoms with Gasteiger partial charge in [-0.3, -0.25) is 15.1 Å². The predicted octanol–water partition coefficient (Wildman–Crippen LogP) is -0.930. The van der Waals surface area contributed by atoms with Crippen molar-refractivity contribution in [1.82, 2.24) is 15.1 Å². The van der Waals surface area contributed by atoms with Crippen LogP contribution in [0.5, 0.6) is 0 Å². The van der Waals surface area contributed by atoms with E-state index < -0.39 is 0 Å². The van der Waals surface area contributed by atoms with Gasteiger partial charge >= 0.3 is 23.1 Å². The Labute approximate surface area is 136 Å². The van der Waals surface area contributed by atoms with Gasteiger partial charge in [0.2, 0.25) is 0 Å². The van der Waals surface area contributed by atoms with Crippen LogP contribution in [0.25, 0.3) is 0 Å². The van der Waals surface area contributed by atoms with E-state index in [0.717, 1.165) is 13.3 Å². The van der Waals surface area contributed by atoms with Gasteiger partial charge in [-0.05, 0) is 12.8 Å². The van der Waals surface area contributed by atoms with Crippen molar-refractivity contribution in [1.29, 1.82) is 0 Å². The predicted molar refractivity (Wildman–Crippen MR) is 76.0 cm³/mol. The first-order valence-corrected chi connectivity index (χ1v) is 7.02. The molecule has 104 valence electrons. The third-order valence-electron chi connectivity index (χ3n) is 3.23. The van der Waals surface area contributed by atoms with E-state index in [4.69, 9.17) is 0 Å². The molecule has 1 aliphatic rings. The van der Waals surface area contributed by atoms with Crippen LogP contribution in [0.2, 0.25) is 0 Å². The van der Waals surface area contributed by atoms with Gasteiger partial charge in [-0.1, -0.05) is 39.5 Å². The number of nitrogens with zero attached hydrogens (tertiary/aromatic N) is 2. The average molecular weight is 287 g/mol. The third-order valence-corrected chi connectivity index (χ3v) is 3.23. The van der Waals surface area contributed by atoms with Gasteiger partial charge in [0.1, 0.15) is 0 Å². The third kappa shape index (κ3) is 9.81. The Bertz CT molecular complexity index is 156. The van der Waals surface area contributed by atoms with Gasteiger partial charge in [0.05, 0.1) is 20.0 Å². The molecule has 0 amide bonds. The van der Waals surface area contributed by atoms with Crippen LogP contribution in [0.3, 0.4) is 0 Å². The summed E-state index contributed by atoms with van der Waals surface area (Å²) in [6.07, 6.45) is 8.07. The molecule has 0 unspecified atom stereocenters. The number of rotatable bonds is 8. The molecule has 0 aliphatic carbocycles. The standard InChI is InChI=1S/C13H29N3.ClH.Mg/c1-3-5-7-9-15-11-14-12-16(13-15)10-8-6-4-2;;/h14H,3-13H2,1-2H3;1H;/q;;+2/p-1. The van der Waals surface area contributed by atoms with Crippen molar-refractivity contribution in [3.63, 3.8) is 0 Å². The van der Waals surface area contributed by atoms with Crippen molar-refractivity contribution in [3.05, 3.63) is 0 Å². The number of hydrogen-bond donors (Lipinski definition) is 1. The maximum Gasteiger partial charge on any atom is 2.00 e. The molecule has 1 saturated heterocycles. The minimum absolute atomic E-state index is 0. The summed E-state index contributed by atoms with van der Waals surface area (Å²) in [7, 11) is 0. The quantitative estimate of drug-likeness (QED) is 0.460. The van der Waals surface area contributed by atoms with Crippen molar-refractivity contribution < 1.29 is 12.4 Å². The summed E-state index contributed by atoms with van der Waals surface area (Å²) in [6, 6.07) is 0. The molecule has 0 aromatic rings. The zero-order chi connectivity index (χ0) is 11.6. The zero-order valence-electron chi connectivity index (χ0n) is 12.3. The van der Waals surface area contributed by atoms with E-state index in [1.165, 1.54) is 58.3 Å². The first kappa shape index (κ1) is 21.2. The first-order valence-electron chi connectivity index (χ1n) is 7.02. The second-order valence-electron chi connectivity index (χ2n) is 4.91. The SMILES string of the molecule is CCCCCN1CNCN(CCCCC)C1.[Cl-].[Mg+2]. The summed E-state index contributed by atoms with van der Waals surface area (Å²) in [5.74, 6) is 0. The fourth-order valence-corrected chi connectivity index (χ4v) is 2.22.